The van der Waals surface area contributed by atoms with E-state index in [2.05, 4.69) is 10.5 Å². The van der Waals surface area contributed by atoms with Gasteiger partial charge in [-0.25, -0.2) is 4.79 Å². The topological polar surface area (TPSA) is 123 Å². The van der Waals surface area contributed by atoms with Crippen molar-refractivity contribution in [3.8, 4) is 11.5 Å². The van der Waals surface area contributed by atoms with Crippen LogP contribution in [0.3, 0.4) is 0 Å². The predicted octanol–water partition coefficient (Wildman–Crippen LogP) is 3.92. The van der Waals surface area contributed by atoms with Crippen LogP contribution in [0.4, 0.5) is 24.5 Å². The number of anilines is 1. The van der Waals surface area contributed by atoms with Crippen LogP contribution in [-0.2, 0) is 11.0 Å². The Morgan fingerprint density at radius 1 is 1.33 bits per heavy atom. The first-order valence-corrected chi connectivity index (χ1v) is 8.25. The van der Waals surface area contributed by atoms with Gasteiger partial charge in [0.25, 0.3) is 5.69 Å². The highest BCUT2D eigenvalue weighted by atomic mass is 19.4. The first kappa shape index (κ1) is 22.5. The Bertz CT molecular complexity index is 978. The van der Waals surface area contributed by atoms with Gasteiger partial charge in [-0.3, -0.25) is 15.5 Å². The molecule has 0 bridgehead atoms. The molecule has 2 rings (SSSR count). The van der Waals surface area contributed by atoms with Crippen molar-refractivity contribution in [2.45, 2.75) is 19.2 Å². The summed E-state index contributed by atoms with van der Waals surface area (Å²) in [7, 11) is 1.35. The van der Waals surface area contributed by atoms with Crippen molar-refractivity contribution < 1.29 is 37.5 Å². The summed E-state index contributed by atoms with van der Waals surface area (Å²) in [6.45, 7) is 1.31. The molecule has 0 fully saturated rings. The molecule has 1 atom stereocenters. The first-order chi connectivity index (χ1) is 14.0. The molecule has 0 radical (unpaired) electrons. The summed E-state index contributed by atoms with van der Waals surface area (Å²) in [4.78, 5) is 21.2. The standard InChI is InChI=1S/C18H16F3N3O6/c1-10(17(25)26)30-16-11(4-3-5-15(16)29-2)9-22-23-13-7-6-12(18(19,20)21)8-14(13)24(27)28/h3-10,23H,1-2H3,(H,25,26)/b22-9+/t10-/m0/s1. The van der Waals surface area contributed by atoms with Crippen LogP contribution in [0.5, 0.6) is 11.5 Å². The average molecular weight is 427 g/mol. The van der Waals surface area contributed by atoms with Crippen LogP contribution >= 0.6 is 0 Å². The molecule has 0 saturated carbocycles. The summed E-state index contributed by atoms with van der Waals surface area (Å²) in [6.07, 6.45) is -4.79. The highest BCUT2D eigenvalue weighted by molar-refractivity contribution is 5.86. The number of nitro benzene ring substituents is 1. The molecule has 2 N–H and O–H groups in total. The molecule has 0 aliphatic carbocycles. The molecule has 0 unspecified atom stereocenters. The minimum Gasteiger partial charge on any atom is -0.493 e. The molecule has 30 heavy (non-hydrogen) atoms. The lowest BCUT2D eigenvalue weighted by molar-refractivity contribution is -0.384. The Balaban J connectivity index is 2.33. The molecule has 160 valence electrons. The van der Waals surface area contributed by atoms with Gasteiger partial charge >= 0.3 is 12.1 Å². The van der Waals surface area contributed by atoms with E-state index in [1.807, 2.05) is 0 Å². The van der Waals surface area contributed by atoms with E-state index in [4.69, 9.17) is 14.6 Å². The molecular weight excluding hydrogens is 411 g/mol. The zero-order valence-electron chi connectivity index (χ0n) is 15.6. The largest absolute Gasteiger partial charge is 0.493 e. The number of nitrogens with one attached hydrogen (secondary N) is 1. The third-order valence-corrected chi connectivity index (χ3v) is 3.78. The Kier molecular flexibility index (Phi) is 6.82. The third-order valence-electron chi connectivity index (χ3n) is 3.78. The molecule has 0 saturated heterocycles. The predicted molar refractivity (Wildman–Crippen MR) is 100 cm³/mol. The molecule has 0 aliphatic rings. The van der Waals surface area contributed by atoms with E-state index in [1.54, 1.807) is 6.07 Å². The van der Waals surface area contributed by atoms with E-state index in [0.29, 0.717) is 12.1 Å². The highest BCUT2D eigenvalue weighted by Crippen LogP contribution is 2.35. The number of alkyl halides is 3. The molecular formula is C18H16F3N3O6. The number of benzene rings is 2. The number of rotatable bonds is 8. The Morgan fingerprint density at radius 3 is 2.60 bits per heavy atom. The highest BCUT2D eigenvalue weighted by Gasteiger charge is 2.33. The van der Waals surface area contributed by atoms with Crippen molar-refractivity contribution in [3.05, 3.63) is 57.6 Å². The number of hydrazone groups is 1. The second-order valence-electron chi connectivity index (χ2n) is 5.83. The van der Waals surface area contributed by atoms with E-state index >= 15 is 0 Å². The first-order valence-electron chi connectivity index (χ1n) is 8.25. The van der Waals surface area contributed by atoms with Crippen LogP contribution in [0, 0.1) is 10.1 Å². The summed E-state index contributed by atoms with van der Waals surface area (Å²) in [5, 5.41) is 23.9. The van der Waals surface area contributed by atoms with Crippen molar-refractivity contribution in [3.63, 3.8) is 0 Å². The lowest BCUT2D eigenvalue weighted by Gasteiger charge is -2.15. The molecule has 9 nitrogen and oxygen atoms in total. The van der Waals surface area contributed by atoms with Gasteiger partial charge in [0.2, 0.25) is 0 Å². The summed E-state index contributed by atoms with van der Waals surface area (Å²) < 4.78 is 48.8. The van der Waals surface area contributed by atoms with Crippen molar-refractivity contribution in [1.82, 2.24) is 0 Å². The van der Waals surface area contributed by atoms with E-state index in [-0.39, 0.29) is 22.7 Å². The number of carboxylic acid groups (broad SMARTS) is 1. The lowest BCUT2D eigenvalue weighted by Crippen LogP contribution is -2.23. The minimum atomic E-state index is -4.74. The fourth-order valence-corrected chi connectivity index (χ4v) is 2.27. The van der Waals surface area contributed by atoms with Gasteiger partial charge in [-0.05, 0) is 31.2 Å². The molecule has 0 aliphatic heterocycles. The zero-order valence-corrected chi connectivity index (χ0v) is 15.6. The van der Waals surface area contributed by atoms with Crippen LogP contribution in [0.2, 0.25) is 0 Å². The van der Waals surface area contributed by atoms with Crippen molar-refractivity contribution in [2.24, 2.45) is 5.10 Å². The number of methoxy groups -OCH3 is 1. The Morgan fingerprint density at radius 2 is 2.03 bits per heavy atom. The molecule has 2 aromatic rings. The van der Waals surface area contributed by atoms with Crippen LogP contribution in [0.1, 0.15) is 18.1 Å². The number of para-hydroxylation sites is 1. The van der Waals surface area contributed by atoms with Crippen LogP contribution in [-0.4, -0.2) is 35.4 Å². The number of hydrogen-bond donors (Lipinski definition) is 2. The molecule has 0 heterocycles. The normalized spacial score (nSPS) is 12.4. The summed E-state index contributed by atoms with van der Waals surface area (Å²) in [6, 6.07) is 6.56. The van der Waals surface area contributed by atoms with Gasteiger partial charge < -0.3 is 14.6 Å². The summed E-state index contributed by atoms with van der Waals surface area (Å²) in [5.74, 6) is -0.947. The van der Waals surface area contributed by atoms with E-state index in [1.165, 1.54) is 26.2 Å². The molecule has 2 aromatic carbocycles. The number of halogens is 3. The number of nitrogens with zero attached hydrogens (tertiary/aromatic N) is 2. The number of aliphatic carboxylic acids is 1. The number of carboxylic acids is 1. The van der Waals surface area contributed by atoms with Gasteiger partial charge in [-0.1, -0.05) is 6.07 Å². The lowest BCUT2D eigenvalue weighted by atomic mass is 10.1. The maximum atomic E-state index is 12.8. The second kappa shape index (κ2) is 9.11. The van der Waals surface area contributed by atoms with Crippen LogP contribution in [0.25, 0.3) is 0 Å². The molecule has 0 amide bonds. The van der Waals surface area contributed by atoms with Gasteiger partial charge in [0, 0.05) is 11.6 Å². The number of nitro groups is 1. The van der Waals surface area contributed by atoms with Crippen LogP contribution in [0.15, 0.2) is 41.5 Å². The molecule has 12 heteroatoms. The zero-order chi connectivity index (χ0) is 22.5. The summed E-state index contributed by atoms with van der Waals surface area (Å²) >= 11 is 0. The van der Waals surface area contributed by atoms with Crippen molar-refractivity contribution in [2.75, 3.05) is 12.5 Å². The Hall–Kier alpha value is -3.83. The van der Waals surface area contributed by atoms with Crippen molar-refractivity contribution in [1.29, 1.82) is 0 Å². The SMILES string of the molecule is COc1cccc(/C=N/Nc2ccc(C(F)(F)F)cc2[N+](=O)[O-])c1O[C@@H](C)C(=O)O. The molecule has 0 spiro atoms. The van der Waals surface area contributed by atoms with Gasteiger partial charge in [0.1, 0.15) is 5.69 Å². The minimum absolute atomic E-state index is 0.0577. The van der Waals surface area contributed by atoms with Crippen LogP contribution < -0.4 is 14.9 Å². The van der Waals surface area contributed by atoms with Gasteiger partial charge in [0.05, 0.1) is 23.8 Å². The van der Waals surface area contributed by atoms with Gasteiger partial charge in [0.15, 0.2) is 17.6 Å². The van der Waals surface area contributed by atoms with E-state index < -0.39 is 34.4 Å². The maximum absolute atomic E-state index is 12.8. The fourth-order valence-electron chi connectivity index (χ4n) is 2.27. The smallest absolute Gasteiger partial charge is 0.416 e. The second-order valence-corrected chi connectivity index (χ2v) is 5.83. The van der Waals surface area contributed by atoms with Gasteiger partial charge in [-0.2, -0.15) is 18.3 Å². The quantitative estimate of drug-likeness (QED) is 0.372. The van der Waals surface area contributed by atoms with E-state index in [0.717, 1.165) is 12.3 Å². The monoisotopic (exact) mass is 427 g/mol. The number of carbonyl (C=O) groups is 1. The molecule has 0 aromatic heterocycles. The van der Waals surface area contributed by atoms with Crippen molar-refractivity contribution >= 4 is 23.6 Å². The average Bonchev–Trinajstić information content (AvgIpc) is 2.68. The van der Waals surface area contributed by atoms with E-state index in [9.17, 15) is 28.1 Å². The number of hydrogen-bond acceptors (Lipinski definition) is 7. The fraction of sp³-hybridized carbons (Fsp3) is 0.222. The number of ether oxygens (including phenoxy) is 2. The van der Waals surface area contributed by atoms with Gasteiger partial charge in [-0.15, -0.1) is 0 Å². The maximum Gasteiger partial charge on any atom is 0.416 e. The third kappa shape index (κ3) is 5.37. The summed E-state index contributed by atoms with van der Waals surface area (Å²) in [5.41, 5.74) is 0.321. The Labute approximate surface area is 167 Å².